The average Bonchev–Trinajstić information content (AvgIpc) is 2.78. The molecule has 1 aliphatic heterocycles. The number of hydrogen-bond acceptors (Lipinski definition) is 4. The van der Waals surface area contributed by atoms with Gasteiger partial charge in [0.25, 0.3) is 0 Å². The Morgan fingerprint density at radius 1 is 1.24 bits per heavy atom. The van der Waals surface area contributed by atoms with E-state index in [2.05, 4.69) is 0 Å². The highest BCUT2D eigenvalue weighted by molar-refractivity contribution is 7.88. The summed E-state index contributed by atoms with van der Waals surface area (Å²) in [6.45, 7) is 5.18. The molecule has 0 aromatic heterocycles. The minimum absolute atomic E-state index is 0.0282. The minimum atomic E-state index is -3.19. The Morgan fingerprint density at radius 3 is 2.64 bits per heavy atom. The fourth-order valence-corrected chi connectivity index (χ4v) is 3.83. The van der Waals surface area contributed by atoms with Crippen molar-refractivity contribution in [2.24, 2.45) is 0 Å². The summed E-state index contributed by atoms with van der Waals surface area (Å²) in [6, 6.07) is 6.25. The van der Waals surface area contributed by atoms with Crippen LogP contribution in [0.15, 0.2) is 24.3 Å². The van der Waals surface area contributed by atoms with Crippen LogP contribution in [0.4, 0.5) is 4.39 Å². The number of sulfonamides is 1. The number of carbonyl (C=O) groups excluding carboxylic acids is 1. The van der Waals surface area contributed by atoms with Gasteiger partial charge >= 0.3 is 0 Å². The summed E-state index contributed by atoms with van der Waals surface area (Å²) < 4.78 is 38.1. The molecule has 1 saturated heterocycles. The zero-order valence-electron chi connectivity index (χ0n) is 14.8. The van der Waals surface area contributed by atoms with E-state index in [1.165, 1.54) is 22.7 Å². The fraction of sp³-hybridized carbons (Fsp3) is 0.588. The Morgan fingerprint density at radius 2 is 2.00 bits per heavy atom. The largest absolute Gasteiger partial charge is 0.338 e. The molecule has 0 bridgehead atoms. The summed E-state index contributed by atoms with van der Waals surface area (Å²) in [5.74, 6) is -0.339. The van der Waals surface area contributed by atoms with Crippen molar-refractivity contribution in [3.63, 3.8) is 0 Å². The first-order chi connectivity index (χ1) is 11.8. The number of halogens is 1. The van der Waals surface area contributed by atoms with Gasteiger partial charge in [0.1, 0.15) is 5.82 Å². The van der Waals surface area contributed by atoms with Crippen LogP contribution in [-0.4, -0.2) is 74.0 Å². The highest BCUT2D eigenvalue weighted by Crippen LogP contribution is 2.10. The first kappa shape index (κ1) is 19.8. The summed E-state index contributed by atoms with van der Waals surface area (Å²) in [7, 11) is -3.19. The standard InChI is InChI=1S/C17H26FN3O3S/c1-3-20(13-15-6-4-7-16(18)12-15)17(22)14-19-8-5-9-21(11-10-19)25(2,23)24/h4,6-7,12H,3,5,8-11,13-14H2,1-2H3. The molecule has 1 heterocycles. The van der Waals surface area contributed by atoms with Gasteiger partial charge in [0.2, 0.25) is 15.9 Å². The third-order valence-electron chi connectivity index (χ3n) is 4.37. The molecule has 2 rings (SSSR count). The van der Waals surface area contributed by atoms with Gasteiger partial charge in [-0.2, -0.15) is 0 Å². The van der Waals surface area contributed by atoms with Crippen molar-refractivity contribution < 1.29 is 17.6 Å². The van der Waals surface area contributed by atoms with E-state index < -0.39 is 10.0 Å². The zero-order valence-corrected chi connectivity index (χ0v) is 15.6. The third-order valence-corrected chi connectivity index (χ3v) is 5.68. The van der Waals surface area contributed by atoms with Crippen LogP contribution in [0.5, 0.6) is 0 Å². The number of benzene rings is 1. The van der Waals surface area contributed by atoms with Crippen molar-refractivity contribution in [1.82, 2.24) is 14.1 Å². The van der Waals surface area contributed by atoms with Crippen molar-refractivity contribution in [2.75, 3.05) is 45.5 Å². The molecule has 0 unspecified atom stereocenters. The lowest BCUT2D eigenvalue weighted by Crippen LogP contribution is -2.41. The molecule has 1 aliphatic rings. The van der Waals surface area contributed by atoms with Gasteiger partial charge in [0, 0.05) is 32.7 Å². The maximum absolute atomic E-state index is 13.3. The number of rotatable bonds is 6. The Balaban J connectivity index is 1.93. The maximum Gasteiger partial charge on any atom is 0.237 e. The van der Waals surface area contributed by atoms with Gasteiger partial charge in [0.05, 0.1) is 12.8 Å². The smallest absolute Gasteiger partial charge is 0.237 e. The Kier molecular flexibility index (Phi) is 6.92. The molecule has 25 heavy (non-hydrogen) atoms. The van der Waals surface area contributed by atoms with Gasteiger partial charge in [-0.3, -0.25) is 9.69 Å². The Labute approximate surface area is 149 Å². The van der Waals surface area contributed by atoms with Crippen LogP contribution in [-0.2, 0) is 21.4 Å². The summed E-state index contributed by atoms with van der Waals surface area (Å²) in [5.41, 5.74) is 0.759. The van der Waals surface area contributed by atoms with E-state index in [-0.39, 0.29) is 18.3 Å². The number of amides is 1. The second-order valence-electron chi connectivity index (χ2n) is 6.33. The molecule has 1 fully saturated rings. The van der Waals surface area contributed by atoms with Crippen molar-refractivity contribution in [3.8, 4) is 0 Å². The van der Waals surface area contributed by atoms with Crippen LogP contribution in [0, 0.1) is 5.82 Å². The van der Waals surface area contributed by atoms with Gasteiger partial charge in [-0.1, -0.05) is 12.1 Å². The zero-order chi connectivity index (χ0) is 18.4. The molecular weight excluding hydrogens is 345 g/mol. The lowest BCUT2D eigenvalue weighted by Gasteiger charge is -2.26. The summed E-state index contributed by atoms with van der Waals surface area (Å²) in [6.07, 6.45) is 1.92. The van der Waals surface area contributed by atoms with Crippen molar-refractivity contribution in [2.45, 2.75) is 19.9 Å². The monoisotopic (exact) mass is 371 g/mol. The molecule has 1 aromatic rings. The predicted octanol–water partition coefficient (Wildman–Crippen LogP) is 1.14. The molecular formula is C17H26FN3O3S. The summed E-state index contributed by atoms with van der Waals surface area (Å²) in [4.78, 5) is 16.3. The first-order valence-electron chi connectivity index (χ1n) is 8.49. The summed E-state index contributed by atoms with van der Waals surface area (Å²) >= 11 is 0. The quantitative estimate of drug-likeness (QED) is 0.752. The molecule has 140 valence electrons. The highest BCUT2D eigenvalue weighted by atomic mass is 32.2. The fourth-order valence-electron chi connectivity index (χ4n) is 2.96. The molecule has 0 radical (unpaired) electrons. The normalized spacial score (nSPS) is 17.2. The predicted molar refractivity (Wildman–Crippen MR) is 95.0 cm³/mol. The van der Waals surface area contributed by atoms with Gasteiger partial charge in [0.15, 0.2) is 0 Å². The lowest BCUT2D eigenvalue weighted by molar-refractivity contribution is -0.132. The Hall–Kier alpha value is -1.51. The number of carbonyl (C=O) groups is 1. The lowest BCUT2D eigenvalue weighted by atomic mass is 10.2. The number of likely N-dealkylation sites (N-methyl/N-ethyl adjacent to an activating group) is 1. The molecule has 6 nitrogen and oxygen atoms in total. The van der Waals surface area contributed by atoms with Gasteiger partial charge < -0.3 is 4.90 Å². The topological polar surface area (TPSA) is 60.9 Å². The average molecular weight is 371 g/mol. The van der Waals surface area contributed by atoms with E-state index in [9.17, 15) is 17.6 Å². The number of hydrogen-bond donors (Lipinski definition) is 0. The first-order valence-corrected chi connectivity index (χ1v) is 10.3. The minimum Gasteiger partial charge on any atom is -0.338 e. The highest BCUT2D eigenvalue weighted by Gasteiger charge is 2.23. The Bertz CT molecular complexity index is 696. The molecule has 1 amide bonds. The second kappa shape index (κ2) is 8.73. The third kappa shape index (κ3) is 6.05. The van der Waals surface area contributed by atoms with E-state index in [0.717, 1.165) is 5.56 Å². The van der Waals surface area contributed by atoms with Crippen molar-refractivity contribution >= 4 is 15.9 Å². The van der Waals surface area contributed by atoms with E-state index >= 15 is 0 Å². The van der Waals surface area contributed by atoms with Crippen LogP contribution in [0.3, 0.4) is 0 Å². The van der Waals surface area contributed by atoms with Gasteiger partial charge in [-0.25, -0.2) is 17.1 Å². The van der Waals surface area contributed by atoms with E-state index in [1.807, 2.05) is 11.8 Å². The van der Waals surface area contributed by atoms with Crippen LogP contribution in [0.1, 0.15) is 18.9 Å². The SMILES string of the molecule is CCN(Cc1cccc(F)c1)C(=O)CN1CCCN(S(C)(=O)=O)CC1. The number of nitrogens with zero attached hydrogens (tertiary/aromatic N) is 3. The van der Waals surface area contributed by atoms with E-state index in [4.69, 9.17) is 0 Å². The maximum atomic E-state index is 13.3. The summed E-state index contributed by atoms with van der Waals surface area (Å²) in [5, 5.41) is 0. The van der Waals surface area contributed by atoms with E-state index in [0.29, 0.717) is 45.7 Å². The van der Waals surface area contributed by atoms with Crippen LogP contribution in [0.2, 0.25) is 0 Å². The molecule has 0 saturated carbocycles. The molecule has 8 heteroatoms. The second-order valence-corrected chi connectivity index (χ2v) is 8.31. The molecule has 0 atom stereocenters. The molecule has 0 aliphatic carbocycles. The van der Waals surface area contributed by atoms with Crippen LogP contribution in [0.25, 0.3) is 0 Å². The van der Waals surface area contributed by atoms with Gasteiger partial charge in [-0.15, -0.1) is 0 Å². The van der Waals surface area contributed by atoms with E-state index in [1.54, 1.807) is 17.0 Å². The molecule has 1 aromatic carbocycles. The molecule has 0 spiro atoms. The van der Waals surface area contributed by atoms with Crippen molar-refractivity contribution in [1.29, 1.82) is 0 Å². The van der Waals surface area contributed by atoms with Gasteiger partial charge in [-0.05, 0) is 37.6 Å². The van der Waals surface area contributed by atoms with Crippen molar-refractivity contribution in [3.05, 3.63) is 35.6 Å². The van der Waals surface area contributed by atoms with Crippen LogP contribution >= 0.6 is 0 Å². The molecule has 0 N–H and O–H groups in total. The van der Waals surface area contributed by atoms with Crippen LogP contribution < -0.4 is 0 Å².